The second-order valence-corrected chi connectivity index (χ2v) is 6.49. The van der Waals surface area contributed by atoms with Crippen molar-refractivity contribution in [1.82, 2.24) is 10.2 Å². The summed E-state index contributed by atoms with van der Waals surface area (Å²) in [7, 11) is 0. The van der Waals surface area contributed by atoms with Crippen LogP contribution in [0.5, 0.6) is 5.75 Å². The van der Waals surface area contributed by atoms with E-state index in [-0.39, 0.29) is 17.7 Å². The third kappa shape index (κ3) is 6.38. The quantitative estimate of drug-likeness (QED) is 0.728. The van der Waals surface area contributed by atoms with Crippen molar-refractivity contribution in [2.45, 2.75) is 32.7 Å². The Labute approximate surface area is 149 Å². The zero-order valence-electron chi connectivity index (χ0n) is 15.1. The molecule has 1 fully saturated rings. The first-order valence-electron chi connectivity index (χ1n) is 8.91. The summed E-state index contributed by atoms with van der Waals surface area (Å²) in [4.78, 5) is 26.6. The SMILES string of the molecule is CC(C)[C@H](NC(=O)CCCOc1ccccc1)C(=O)N1CCOCC1. The van der Waals surface area contributed by atoms with Gasteiger partial charge in [-0.3, -0.25) is 9.59 Å². The van der Waals surface area contributed by atoms with Crippen molar-refractivity contribution in [3.05, 3.63) is 30.3 Å². The Morgan fingerprint density at radius 2 is 1.88 bits per heavy atom. The number of morpholine rings is 1. The van der Waals surface area contributed by atoms with Gasteiger partial charge in [-0.05, 0) is 24.5 Å². The fourth-order valence-electron chi connectivity index (χ4n) is 2.68. The average molecular weight is 348 g/mol. The standard InChI is InChI=1S/C19H28N2O4/c1-15(2)18(19(23)21-10-13-24-14-11-21)20-17(22)9-6-12-25-16-7-4-3-5-8-16/h3-5,7-8,15,18H,6,9-14H2,1-2H3,(H,20,22)/t18-/m0/s1. The highest BCUT2D eigenvalue weighted by atomic mass is 16.5. The minimum Gasteiger partial charge on any atom is -0.494 e. The molecule has 1 aromatic carbocycles. The van der Waals surface area contributed by atoms with Crippen LogP contribution in [0.1, 0.15) is 26.7 Å². The maximum Gasteiger partial charge on any atom is 0.245 e. The van der Waals surface area contributed by atoms with Crippen LogP contribution in [0.2, 0.25) is 0 Å². The van der Waals surface area contributed by atoms with Crippen LogP contribution in [-0.2, 0) is 14.3 Å². The number of amides is 2. The Balaban J connectivity index is 1.74. The summed E-state index contributed by atoms with van der Waals surface area (Å²) in [5.74, 6) is 0.703. The van der Waals surface area contributed by atoms with Crippen LogP contribution in [0.3, 0.4) is 0 Å². The van der Waals surface area contributed by atoms with E-state index in [1.54, 1.807) is 4.90 Å². The first kappa shape index (κ1) is 19.2. The van der Waals surface area contributed by atoms with Crippen LogP contribution < -0.4 is 10.1 Å². The lowest BCUT2D eigenvalue weighted by atomic mass is 10.0. The van der Waals surface area contributed by atoms with Crippen LogP contribution in [0.4, 0.5) is 0 Å². The Hall–Kier alpha value is -2.08. The number of nitrogens with one attached hydrogen (secondary N) is 1. The molecule has 138 valence electrons. The van der Waals surface area contributed by atoms with E-state index in [1.807, 2.05) is 44.2 Å². The molecule has 2 rings (SSSR count). The molecular weight excluding hydrogens is 320 g/mol. The molecule has 1 aromatic rings. The Morgan fingerprint density at radius 3 is 2.52 bits per heavy atom. The molecular formula is C19H28N2O4. The van der Waals surface area contributed by atoms with E-state index in [9.17, 15) is 9.59 Å². The third-order valence-electron chi connectivity index (χ3n) is 4.13. The van der Waals surface area contributed by atoms with Crippen molar-refractivity contribution in [2.75, 3.05) is 32.9 Å². The molecule has 1 aliphatic heterocycles. The Bertz CT molecular complexity index is 542. The van der Waals surface area contributed by atoms with Gasteiger partial charge >= 0.3 is 0 Å². The van der Waals surface area contributed by atoms with Gasteiger partial charge < -0.3 is 19.7 Å². The van der Waals surface area contributed by atoms with E-state index in [2.05, 4.69) is 5.32 Å². The summed E-state index contributed by atoms with van der Waals surface area (Å²) >= 11 is 0. The summed E-state index contributed by atoms with van der Waals surface area (Å²) in [6, 6.07) is 9.03. The molecule has 1 aliphatic rings. The van der Waals surface area contributed by atoms with Gasteiger partial charge in [-0.2, -0.15) is 0 Å². The summed E-state index contributed by atoms with van der Waals surface area (Å²) in [5.41, 5.74) is 0. The van der Waals surface area contributed by atoms with E-state index >= 15 is 0 Å². The van der Waals surface area contributed by atoms with Crippen LogP contribution in [0, 0.1) is 5.92 Å². The average Bonchev–Trinajstić information content (AvgIpc) is 2.64. The van der Waals surface area contributed by atoms with Crippen LogP contribution in [0.15, 0.2) is 30.3 Å². The summed E-state index contributed by atoms with van der Waals surface area (Å²) in [5, 5.41) is 2.89. The van der Waals surface area contributed by atoms with Gasteiger partial charge in [-0.15, -0.1) is 0 Å². The molecule has 0 unspecified atom stereocenters. The highest BCUT2D eigenvalue weighted by molar-refractivity contribution is 5.87. The number of ether oxygens (including phenoxy) is 2. The molecule has 1 atom stereocenters. The van der Waals surface area contributed by atoms with Crippen LogP contribution in [-0.4, -0.2) is 55.7 Å². The Kier molecular flexibility index (Phi) is 7.73. The molecule has 2 amide bonds. The number of benzene rings is 1. The molecule has 1 heterocycles. The first-order valence-corrected chi connectivity index (χ1v) is 8.91. The molecule has 0 bridgehead atoms. The fourth-order valence-corrected chi connectivity index (χ4v) is 2.68. The molecule has 25 heavy (non-hydrogen) atoms. The minimum atomic E-state index is -0.486. The molecule has 0 spiro atoms. The van der Waals surface area contributed by atoms with Gasteiger partial charge in [0.05, 0.1) is 19.8 Å². The number of rotatable bonds is 8. The number of hydrogen-bond acceptors (Lipinski definition) is 4. The van der Waals surface area contributed by atoms with Gasteiger partial charge in [-0.1, -0.05) is 32.0 Å². The van der Waals surface area contributed by atoms with Crippen molar-refractivity contribution in [2.24, 2.45) is 5.92 Å². The van der Waals surface area contributed by atoms with E-state index in [0.29, 0.717) is 45.8 Å². The van der Waals surface area contributed by atoms with Gasteiger partial charge in [0.1, 0.15) is 11.8 Å². The van der Waals surface area contributed by atoms with E-state index in [0.717, 1.165) is 5.75 Å². The third-order valence-corrected chi connectivity index (χ3v) is 4.13. The number of carbonyl (C=O) groups is 2. The lowest BCUT2D eigenvalue weighted by molar-refractivity contribution is -0.141. The van der Waals surface area contributed by atoms with Crippen LogP contribution >= 0.6 is 0 Å². The second-order valence-electron chi connectivity index (χ2n) is 6.49. The van der Waals surface area contributed by atoms with Crippen molar-refractivity contribution < 1.29 is 19.1 Å². The lowest BCUT2D eigenvalue weighted by Crippen LogP contribution is -2.53. The van der Waals surface area contributed by atoms with Gasteiger partial charge in [0.25, 0.3) is 0 Å². The maximum absolute atomic E-state index is 12.6. The van der Waals surface area contributed by atoms with Crippen molar-refractivity contribution in [1.29, 1.82) is 0 Å². The number of hydrogen-bond donors (Lipinski definition) is 1. The number of para-hydroxylation sites is 1. The largest absolute Gasteiger partial charge is 0.494 e. The predicted octanol–water partition coefficient (Wildman–Crippen LogP) is 1.85. The van der Waals surface area contributed by atoms with Crippen LogP contribution in [0.25, 0.3) is 0 Å². The van der Waals surface area contributed by atoms with Crippen molar-refractivity contribution in [3.63, 3.8) is 0 Å². The zero-order chi connectivity index (χ0) is 18.1. The van der Waals surface area contributed by atoms with Gasteiger partial charge in [-0.25, -0.2) is 0 Å². The summed E-state index contributed by atoms with van der Waals surface area (Å²) in [6.07, 6.45) is 0.948. The summed E-state index contributed by atoms with van der Waals surface area (Å²) in [6.45, 7) is 6.65. The molecule has 0 radical (unpaired) electrons. The van der Waals surface area contributed by atoms with Gasteiger partial charge in [0, 0.05) is 19.5 Å². The van der Waals surface area contributed by atoms with Gasteiger partial charge in [0.2, 0.25) is 11.8 Å². The first-order chi connectivity index (χ1) is 12.1. The smallest absolute Gasteiger partial charge is 0.245 e. The second kappa shape index (κ2) is 10.0. The van der Waals surface area contributed by atoms with E-state index < -0.39 is 6.04 Å². The number of nitrogens with zero attached hydrogens (tertiary/aromatic N) is 1. The normalized spacial score (nSPS) is 15.7. The topological polar surface area (TPSA) is 67.9 Å². The predicted molar refractivity (Wildman–Crippen MR) is 95.3 cm³/mol. The van der Waals surface area contributed by atoms with Gasteiger partial charge in [0.15, 0.2) is 0 Å². The lowest BCUT2D eigenvalue weighted by Gasteiger charge is -2.32. The highest BCUT2D eigenvalue weighted by Crippen LogP contribution is 2.10. The zero-order valence-corrected chi connectivity index (χ0v) is 15.1. The summed E-state index contributed by atoms with van der Waals surface area (Å²) < 4.78 is 10.9. The van der Waals surface area contributed by atoms with E-state index in [1.165, 1.54) is 0 Å². The molecule has 6 heteroatoms. The molecule has 0 aromatic heterocycles. The molecule has 1 N–H and O–H groups in total. The van der Waals surface area contributed by atoms with Crippen molar-refractivity contribution in [3.8, 4) is 5.75 Å². The van der Waals surface area contributed by atoms with E-state index in [4.69, 9.17) is 9.47 Å². The maximum atomic E-state index is 12.6. The highest BCUT2D eigenvalue weighted by Gasteiger charge is 2.29. The fraction of sp³-hybridized carbons (Fsp3) is 0.579. The minimum absolute atomic E-state index is 0.0211. The molecule has 0 saturated carbocycles. The monoisotopic (exact) mass is 348 g/mol. The molecule has 6 nitrogen and oxygen atoms in total. The molecule has 0 aliphatic carbocycles. The van der Waals surface area contributed by atoms with Crippen molar-refractivity contribution >= 4 is 11.8 Å². The number of carbonyl (C=O) groups excluding carboxylic acids is 2. The molecule has 1 saturated heterocycles. The Morgan fingerprint density at radius 1 is 1.20 bits per heavy atom.